The molecule has 0 saturated carbocycles. The maximum Gasteiger partial charge on any atom is 1.00 e. The minimum atomic E-state index is -3.69. The smallest absolute Gasteiger partial charge is 0.772 e. The summed E-state index contributed by atoms with van der Waals surface area (Å²) >= 11 is 1.34. The molecule has 0 spiro atoms. The van der Waals surface area contributed by atoms with Crippen LogP contribution >= 0.6 is 15.9 Å². The predicted molar refractivity (Wildman–Crippen MR) is 280 cm³/mol. The molecule has 5 saturated heterocycles. The number of benzene rings is 2. The molecule has 410 valence electrons. The van der Waals surface area contributed by atoms with Gasteiger partial charge in [0.25, 0.3) is 0 Å². The van der Waals surface area contributed by atoms with Crippen molar-refractivity contribution in [1.82, 2.24) is 24.7 Å². The average molecular weight is 1180 g/mol. The van der Waals surface area contributed by atoms with Crippen molar-refractivity contribution in [2.24, 2.45) is 0 Å². The van der Waals surface area contributed by atoms with E-state index in [1.54, 1.807) is 99.0 Å². The van der Waals surface area contributed by atoms with Gasteiger partial charge < -0.3 is 58.5 Å². The number of hydrogen-bond acceptors (Lipinski definition) is 19. The van der Waals surface area contributed by atoms with E-state index in [0.717, 1.165) is 24.5 Å². The fraction of sp³-hybridized carbons (Fsp3) is 0.604. The molecule has 3 amide bonds. The molecule has 2 N–H and O–H groups in total. The first-order chi connectivity index (χ1) is 34.4. The molecule has 0 aliphatic carbocycles. The predicted octanol–water partition coefficient (Wildman–Crippen LogP) is 2.12. The maximum absolute atomic E-state index is 13.5. The quantitative estimate of drug-likeness (QED) is 0.192. The Bertz CT molecular complexity index is 2730. The summed E-state index contributed by atoms with van der Waals surface area (Å²) in [4.78, 5) is 52.6. The number of rotatable bonds is 8. The first-order valence-corrected chi connectivity index (χ1v) is 29.1. The van der Waals surface area contributed by atoms with E-state index >= 15 is 0 Å². The third-order valence-electron chi connectivity index (χ3n) is 11.8. The van der Waals surface area contributed by atoms with E-state index in [1.807, 2.05) is 12.1 Å². The molecule has 27 heteroatoms. The zero-order chi connectivity index (χ0) is 54.6. The van der Waals surface area contributed by atoms with E-state index in [2.05, 4.69) is 35.7 Å². The Morgan fingerprint density at radius 1 is 0.613 bits per heavy atom. The van der Waals surface area contributed by atoms with Crippen molar-refractivity contribution in [2.75, 3.05) is 107 Å². The molecule has 0 radical (unpaired) electrons. The van der Waals surface area contributed by atoms with Crippen LogP contribution in [-0.4, -0.2) is 193 Å². The minimum absolute atomic E-state index is 0. The average Bonchev–Trinajstić information content (AvgIpc) is 3.23. The second-order valence-corrected chi connectivity index (χ2v) is 27.8. The zero-order valence-corrected chi connectivity index (χ0v) is 50.3. The number of ether oxygens (including phenoxy) is 5. The number of nitrogens with zero attached hydrogens (tertiary/aromatic N) is 7. The van der Waals surface area contributed by atoms with E-state index < -0.39 is 81.6 Å². The molecule has 5 aliphatic heterocycles. The van der Waals surface area contributed by atoms with Crippen LogP contribution in [0.2, 0.25) is 0 Å². The number of nitrogen functional groups attached to an aromatic ring is 1. The molecule has 1 unspecified atom stereocenters. The third kappa shape index (κ3) is 17.3. The van der Waals surface area contributed by atoms with Gasteiger partial charge in [0.15, 0.2) is 19.7 Å². The van der Waals surface area contributed by atoms with Crippen LogP contribution in [0.15, 0.2) is 63.1 Å². The monoisotopic (exact) mass is 1180 g/mol. The summed E-state index contributed by atoms with van der Waals surface area (Å²) in [6.45, 7) is 22.2. The number of aromatic nitrogens is 2. The van der Waals surface area contributed by atoms with Crippen molar-refractivity contribution in [1.29, 1.82) is 0 Å². The van der Waals surface area contributed by atoms with Gasteiger partial charge in [-0.15, -0.1) is 0 Å². The fourth-order valence-electron chi connectivity index (χ4n) is 7.76. The second kappa shape index (κ2) is 25.3. The standard InChI is InChI=1S/C22H29N5O5S.C18H25BrN2O5S.C8H15NO4S.Na/c1-22(2,3)32-21(28)27-13-19(14-27)33(29,30)18-9-15(16-11-24-20(23)25-12-16)8-17(10-18)26-4-6-31-7-5-26;1-18(2,3)26-17(22)21-11-16(12-21)27(23,24)15-9-13(19)8-14(10-15)20-4-6-25-7-5-20;1-8(2,3)13-7(10)9-4-6(5-9)14(11)12;/h8-12,19H,4-7,13-14H2,1-3H3,(H2,23,24,25);8-10,16H,4-7,11-12H2,1-3H3;6H,4-5H2,1-3H3,(H,11,12);/q;;;+1/p-1. The van der Waals surface area contributed by atoms with Crippen molar-refractivity contribution in [3.05, 3.63) is 53.3 Å². The number of halogens is 1. The summed E-state index contributed by atoms with van der Waals surface area (Å²) in [7, 11) is -7.22. The van der Waals surface area contributed by atoms with Crippen LogP contribution in [-0.2, 0) is 54.4 Å². The van der Waals surface area contributed by atoms with E-state index in [4.69, 9.17) is 29.4 Å². The normalized spacial score (nSPS) is 18.3. The van der Waals surface area contributed by atoms with Crippen LogP contribution in [0.25, 0.3) is 11.1 Å². The Morgan fingerprint density at radius 3 is 1.35 bits per heavy atom. The Hall–Kier alpha value is -3.86. The third-order valence-corrected chi connectivity index (χ3v) is 17.2. The molecule has 75 heavy (non-hydrogen) atoms. The molecule has 22 nitrogen and oxygen atoms in total. The van der Waals surface area contributed by atoms with Crippen LogP contribution in [0.4, 0.5) is 31.7 Å². The van der Waals surface area contributed by atoms with Gasteiger partial charge in [0.05, 0.1) is 41.5 Å². The van der Waals surface area contributed by atoms with Gasteiger partial charge in [-0.2, -0.15) is 0 Å². The van der Waals surface area contributed by atoms with E-state index in [9.17, 15) is 40.0 Å². The van der Waals surface area contributed by atoms with Gasteiger partial charge in [0.1, 0.15) is 27.3 Å². The molecule has 5 aliphatic rings. The Morgan fingerprint density at radius 2 is 0.973 bits per heavy atom. The van der Waals surface area contributed by atoms with E-state index in [-0.39, 0.29) is 84.6 Å². The van der Waals surface area contributed by atoms with Gasteiger partial charge in [0.2, 0.25) is 5.95 Å². The van der Waals surface area contributed by atoms with E-state index in [1.165, 1.54) is 14.7 Å². The summed E-state index contributed by atoms with van der Waals surface area (Å²) in [6.07, 6.45) is 1.72. The van der Waals surface area contributed by atoms with Gasteiger partial charge >= 0.3 is 47.8 Å². The SMILES string of the molecule is CC(C)(C)OC(=O)N1CC(S(=O)(=O)c2cc(-c3cnc(N)nc3)cc(N3CCOCC3)c2)C1.CC(C)(C)OC(=O)N1CC(S(=O)(=O)c2cc(Br)cc(N3CCOCC3)c2)C1.CC(C)(C)OC(=O)N1CC(S(=O)[O-])C1.[Na+]. The molecule has 8 rings (SSSR count). The Kier molecular flexibility index (Phi) is 20.9. The van der Waals surface area contributed by atoms with Gasteiger partial charge in [-0.1, -0.05) is 15.9 Å². The number of sulfone groups is 2. The zero-order valence-electron chi connectivity index (χ0n) is 44.3. The van der Waals surface area contributed by atoms with Gasteiger partial charge in [-0.25, -0.2) is 41.2 Å². The van der Waals surface area contributed by atoms with Crippen LogP contribution in [0.3, 0.4) is 0 Å². The minimum Gasteiger partial charge on any atom is -0.772 e. The Labute approximate surface area is 473 Å². The molecule has 5 fully saturated rings. The van der Waals surface area contributed by atoms with Gasteiger partial charge in [-0.3, -0.25) is 4.21 Å². The van der Waals surface area contributed by atoms with E-state index in [0.29, 0.717) is 55.1 Å². The molecule has 3 aromatic rings. The largest absolute Gasteiger partial charge is 1.00 e. The summed E-state index contributed by atoms with van der Waals surface area (Å²) < 4.78 is 101. The molecule has 1 atom stereocenters. The van der Waals surface area contributed by atoms with Crippen molar-refractivity contribution in [2.45, 2.75) is 105 Å². The number of amides is 3. The van der Waals surface area contributed by atoms with Crippen molar-refractivity contribution in [3.8, 4) is 11.1 Å². The molecule has 0 bridgehead atoms. The molecule has 2 aromatic carbocycles. The first-order valence-electron chi connectivity index (χ1n) is 24.1. The van der Waals surface area contributed by atoms with Crippen molar-refractivity contribution < 1.29 is 93.2 Å². The number of nitrogens with two attached hydrogens (primary N) is 1. The summed E-state index contributed by atoms with van der Waals surface area (Å²) in [5.74, 6) is 0.146. The fourth-order valence-corrected chi connectivity index (χ4v) is 12.4. The second-order valence-electron chi connectivity index (χ2n) is 21.3. The maximum atomic E-state index is 13.5. The Balaban J connectivity index is 0.000000223. The number of anilines is 3. The first kappa shape index (κ1) is 62.0. The van der Waals surface area contributed by atoms with Gasteiger partial charge in [-0.05, 0) is 115 Å². The number of likely N-dealkylation sites (tertiary alicyclic amines) is 3. The van der Waals surface area contributed by atoms with Crippen LogP contribution in [0, 0.1) is 0 Å². The molecular formula is C48H68BrN8NaO14S3. The topological polar surface area (TPSA) is 274 Å². The van der Waals surface area contributed by atoms with Gasteiger partial charge in [0, 0.05) is 99.3 Å². The number of carbonyl (C=O) groups excluding carboxylic acids is 3. The number of hydrogen-bond donors (Lipinski definition) is 1. The van der Waals surface area contributed by atoms with Crippen molar-refractivity contribution in [3.63, 3.8) is 0 Å². The number of morpholine rings is 2. The molecule has 6 heterocycles. The van der Waals surface area contributed by atoms with Crippen molar-refractivity contribution >= 4 is 82.3 Å². The summed E-state index contributed by atoms with van der Waals surface area (Å²) in [5.41, 5.74) is 6.84. The molecular weight excluding hydrogens is 1110 g/mol. The van der Waals surface area contributed by atoms with Crippen LogP contribution in [0.5, 0.6) is 0 Å². The molecule has 1 aromatic heterocycles. The van der Waals surface area contributed by atoms with Crippen LogP contribution in [0.1, 0.15) is 62.3 Å². The summed E-state index contributed by atoms with van der Waals surface area (Å²) in [6, 6.07) is 10.5. The van der Waals surface area contributed by atoms with Crippen LogP contribution < -0.4 is 45.1 Å². The number of carbonyl (C=O) groups is 3. The summed E-state index contributed by atoms with van der Waals surface area (Å²) in [5, 5.41) is -1.74.